The first-order valence-electron chi connectivity index (χ1n) is 11.7. The molecular weight excluding hydrogens is 464 g/mol. The van der Waals surface area contributed by atoms with Crippen molar-refractivity contribution in [3.63, 3.8) is 0 Å². The maximum atomic E-state index is 13.6. The molecule has 8 heteroatoms. The van der Waals surface area contributed by atoms with Gasteiger partial charge in [0, 0.05) is 25.3 Å². The monoisotopic (exact) mass is 488 g/mol. The van der Waals surface area contributed by atoms with E-state index < -0.39 is 0 Å². The summed E-state index contributed by atoms with van der Waals surface area (Å²) >= 11 is 6.87. The van der Waals surface area contributed by atoms with Gasteiger partial charge in [-0.15, -0.1) is 0 Å². The number of rotatable bonds is 3. The summed E-state index contributed by atoms with van der Waals surface area (Å²) < 4.78 is 2.13. The molecule has 0 N–H and O–H groups in total. The van der Waals surface area contributed by atoms with E-state index in [1.165, 1.54) is 22.9 Å². The Morgan fingerprint density at radius 2 is 1.79 bits per heavy atom. The number of carbonyl (C=O) groups excluding carboxylic acids is 1. The van der Waals surface area contributed by atoms with Crippen LogP contribution in [0, 0.1) is 0 Å². The molecule has 0 unspecified atom stereocenters. The molecule has 4 heterocycles. The van der Waals surface area contributed by atoms with E-state index >= 15 is 0 Å². The molecule has 1 saturated heterocycles. The van der Waals surface area contributed by atoms with Crippen molar-refractivity contribution in [2.24, 2.45) is 0 Å². The molecule has 0 radical (unpaired) electrons. The van der Waals surface area contributed by atoms with Gasteiger partial charge in [0.05, 0.1) is 10.5 Å². The van der Waals surface area contributed by atoms with E-state index in [0.717, 1.165) is 38.6 Å². The summed E-state index contributed by atoms with van der Waals surface area (Å²) in [7, 11) is 0. The first-order chi connectivity index (χ1) is 16.6. The molecule has 2 fully saturated rings. The van der Waals surface area contributed by atoms with Gasteiger partial charge in [0.25, 0.3) is 11.5 Å². The Hall–Kier alpha value is -2.97. The van der Waals surface area contributed by atoms with Gasteiger partial charge in [-0.2, -0.15) is 0 Å². The molecule has 1 amide bonds. The number of pyridine rings is 1. The fraction of sp³-hybridized carbons (Fsp3) is 0.308. The molecule has 3 aromatic rings. The van der Waals surface area contributed by atoms with Gasteiger partial charge in [-0.25, -0.2) is 4.98 Å². The van der Waals surface area contributed by atoms with Crippen molar-refractivity contribution in [3.8, 4) is 0 Å². The molecule has 1 aliphatic carbocycles. The third-order valence-electron chi connectivity index (χ3n) is 6.97. The molecule has 0 bridgehead atoms. The quantitative estimate of drug-likeness (QED) is 0.402. The first-order valence-corrected chi connectivity index (χ1v) is 12.9. The van der Waals surface area contributed by atoms with E-state index in [4.69, 9.17) is 17.2 Å². The van der Waals surface area contributed by atoms with E-state index in [1.807, 2.05) is 24.3 Å². The van der Waals surface area contributed by atoms with Gasteiger partial charge in [0.15, 0.2) is 0 Å². The lowest BCUT2D eigenvalue weighted by molar-refractivity contribution is -0.123. The number of carbonyl (C=O) groups is 1. The van der Waals surface area contributed by atoms with Crippen molar-refractivity contribution in [2.45, 2.75) is 44.7 Å². The number of nitrogens with zero attached hydrogens (tertiary/aromatic N) is 4. The molecule has 6 nitrogen and oxygen atoms in total. The second kappa shape index (κ2) is 8.67. The van der Waals surface area contributed by atoms with Crippen molar-refractivity contribution >= 4 is 51.7 Å². The lowest BCUT2D eigenvalue weighted by atomic mass is 9.99. The van der Waals surface area contributed by atoms with Crippen LogP contribution in [0.4, 0.5) is 5.82 Å². The summed E-state index contributed by atoms with van der Waals surface area (Å²) in [5.41, 5.74) is 3.43. The van der Waals surface area contributed by atoms with Crippen LogP contribution in [-0.4, -0.2) is 37.1 Å². The fourth-order valence-electron chi connectivity index (χ4n) is 5.22. The van der Waals surface area contributed by atoms with Gasteiger partial charge in [-0.3, -0.25) is 18.9 Å². The highest BCUT2D eigenvalue weighted by atomic mass is 32.2. The van der Waals surface area contributed by atoms with Crippen LogP contribution >= 0.6 is 24.0 Å². The molecule has 1 aromatic carbocycles. The largest absolute Gasteiger partial charge is 0.351 e. The predicted octanol–water partition coefficient (Wildman–Crippen LogP) is 4.40. The summed E-state index contributed by atoms with van der Waals surface area (Å²) in [5.74, 6) is 0.534. The Morgan fingerprint density at radius 1 is 1.03 bits per heavy atom. The Kier molecular flexibility index (Phi) is 5.50. The highest BCUT2D eigenvalue weighted by Gasteiger charge is 2.38. The molecule has 0 spiro atoms. The topological polar surface area (TPSA) is 57.9 Å². The zero-order valence-electron chi connectivity index (χ0n) is 18.6. The highest BCUT2D eigenvalue weighted by molar-refractivity contribution is 8.26. The maximum absolute atomic E-state index is 13.6. The number of thiocarbonyl (C=S) groups is 1. The number of fused-ring (bicyclic) bond motifs is 2. The maximum Gasteiger partial charge on any atom is 0.267 e. The van der Waals surface area contributed by atoms with Crippen LogP contribution in [0.1, 0.15) is 42.4 Å². The Morgan fingerprint density at radius 3 is 2.62 bits per heavy atom. The summed E-state index contributed by atoms with van der Waals surface area (Å²) in [6.07, 6.45) is 8.54. The molecule has 3 aliphatic rings. The smallest absolute Gasteiger partial charge is 0.267 e. The summed E-state index contributed by atoms with van der Waals surface area (Å²) in [5, 5.41) is 0. The van der Waals surface area contributed by atoms with E-state index in [0.29, 0.717) is 32.8 Å². The average molecular weight is 489 g/mol. The highest BCUT2D eigenvalue weighted by Crippen LogP contribution is 2.38. The average Bonchev–Trinajstić information content (AvgIpc) is 3.48. The van der Waals surface area contributed by atoms with Crippen molar-refractivity contribution in [1.82, 2.24) is 14.3 Å². The summed E-state index contributed by atoms with van der Waals surface area (Å²) in [4.78, 5) is 36.3. The van der Waals surface area contributed by atoms with E-state index in [1.54, 1.807) is 21.6 Å². The van der Waals surface area contributed by atoms with Crippen molar-refractivity contribution in [1.29, 1.82) is 0 Å². The van der Waals surface area contributed by atoms with Gasteiger partial charge in [-0.05, 0) is 48.6 Å². The minimum Gasteiger partial charge on any atom is -0.351 e. The minimum atomic E-state index is -0.175. The second-order valence-electron chi connectivity index (χ2n) is 9.01. The van der Waals surface area contributed by atoms with Gasteiger partial charge >= 0.3 is 0 Å². The Bertz CT molecular complexity index is 1410. The number of aromatic nitrogens is 2. The molecule has 2 aliphatic heterocycles. The van der Waals surface area contributed by atoms with E-state index in [9.17, 15) is 9.59 Å². The molecule has 34 heavy (non-hydrogen) atoms. The van der Waals surface area contributed by atoms with Gasteiger partial charge in [0.2, 0.25) is 0 Å². The number of hydrogen-bond acceptors (Lipinski definition) is 6. The van der Waals surface area contributed by atoms with Crippen LogP contribution in [-0.2, 0) is 17.8 Å². The molecular formula is C26H24N4O2S2. The van der Waals surface area contributed by atoms with Crippen molar-refractivity contribution in [3.05, 3.63) is 80.6 Å². The normalized spacial score (nSPS) is 20.1. The van der Waals surface area contributed by atoms with Gasteiger partial charge in [0.1, 0.15) is 15.8 Å². The number of anilines is 1. The Labute approximate surface area is 207 Å². The van der Waals surface area contributed by atoms with Crippen LogP contribution in [0.2, 0.25) is 0 Å². The lowest BCUT2D eigenvalue weighted by Crippen LogP contribution is -2.36. The molecule has 6 rings (SSSR count). The first kappa shape index (κ1) is 21.6. The predicted molar refractivity (Wildman–Crippen MR) is 140 cm³/mol. The standard InChI is InChI=1S/C26H24N4O2S2/c31-24-20(15-21-25(32)30(26(33)34-21)19-9-3-4-10-19)23(27-22-11-5-6-13-29(22)24)28-14-12-17-7-1-2-8-18(17)16-28/h1-2,5-8,11,13,15,19H,3-4,9-10,12,14,16H2/b21-15-. The number of thioether (sulfide) groups is 1. The van der Waals surface area contributed by atoms with Crippen molar-refractivity contribution in [2.75, 3.05) is 11.4 Å². The third-order valence-corrected chi connectivity index (χ3v) is 8.30. The van der Waals surface area contributed by atoms with Gasteiger partial charge < -0.3 is 4.90 Å². The summed E-state index contributed by atoms with van der Waals surface area (Å²) in [6, 6.07) is 14.1. The SMILES string of the molecule is O=C1/C(=C/c2c(N3CCc4ccccc4C3)nc3ccccn3c2=O)SC(=S)N1C1CCCC1. The van der Waals surface area contributed by atoms with Crippen LogP contribution in [0.15, 0.2) is 58.4 Å². The minimum absolute atomic E-state index is 0.0885. The third kappa shape index (κ3) is 3.65. The second-order valence-corrected chi connectivity index (χ2v) is 10.7. The molecule has 172 valence electrons. The molecule has 0 atom stereocenters. The molecule has 1 saturated carbocycles. The van der Waals surface area contributed by atoms with E-state index in [-0.39, 0.29) is 17.5 Å². The fourth-order valence-corrected chi connectivity index (χ4v) is 6.61. The number of hydrogen-bond donors (Lipinski definition) is 0. The van der Waals surface area contributed by atoms with Gasteiger partial charge in [-0.1, -0.05) is 67.2 Å². The zero-order chi connectivity index (χ0) is 23.2. The van der Waals surface area contributed by atoms with Crippen molar-refractivity contribution < 1.29 is 4.79 Å². The van der Waals surface area contributed by atoms with Crippen LogP contribution in [0.5, 0.6) is 0 Å². The summed E-state index contributed by atoms with van der Waals surface area (Å²) in [6.45, 7) is 1.44. The number of benzene rings is 1. The molecule has 2 aromatic heterocycles. The lowest BCUT2D eigenvalue weighted by Gasteiger charge is -2.30. The van der Waals surface area contributed by atoms with Crippen LogP contribution < -0.4 is 10.5 Å². The Balaban J connectivity index is 1.45. The number of amides is 1. The van der Waals surface area contributed by atoms with E-state index in [2.05, 4.69) is 23.1 Å². The zero-order valence-corrected chi connectivity index (χ0v) is 20.3. The van der Waals surface area contributed by atoms with Crippen LogP contribution in [0.25, 0.3) is 11.7 Å². The van der Waals surface area contributed by atoms with Crippen LogP contribution in [0.3, 0.4) is 0 Å².